The Bertz CT molecular complexity index is 251. The Kier molecular flexibility index (Phi) is 3.34. The molecule has 0 aliphatic heterocycles. The second-order valence-electron chi connectivity index (χ2n) is 5.06. The van der Waals surface area contributed by atoms with E-state index in [0.717, 1.165) is 24.7 Å². The van der Waals surface area contributed by atoms with E-state index in [1.54, 1.807) is 0 Å². The molecule has 0 amide bonds. The van der Waals surface area contributed by atoms with Crippen molar-refractivity contribution in [2.24, 2.45) is 17.3 Å². The fraction of sp³-hybridized carbons (Fsp3) is 0.833. The maximum atomic E-state index is 11.8. The van der Waals surface area contributed by atoms with Crippen LogP contribution in [0.4, 0.5) is 0 Å². The molecule has 1 rings (SSSR count). The van der Waals surface area contributed by atoms with Gasteiger partial charge in [-0.2, -0.15) is 0 Å². The predicted octanol–water partition coefficient (Wildman–Crippen LogP) is 2.38. The van der Waals surface area contributed by atoms with E-state index in [-0.39, 0.29) is 17.3 Å². The van der Waals surface area contributed by atoms with Crippen LogP contribution in [0, 0.1) is 17.3 Å². The minimum absolute atomic E-state index is 0.133. The molecule has 14 heavy (non-hydrogen) atoms. The molecule has 0 bridgehead atoms. The van der Waals surface area contributed by atoms with Crippen LogP contribution in [0.15, 0.2) is 0 Å². The summed E-state index contributed by atoms with van der Waals surface area (Å²) in [5.74, 6) is 0.933. The van der Waals surface area contributed by atoms with Gasteiger partial charge in [0.05, 0.1) is 0 Å². The van der Waals surface area contributed by atoms with Gasteiger partial charge in [-0.1, -0.05) is 0 Å². The van der Waals surface area contributed by atoms with Crippen molar-refractivity contribution in [3.8, 4) is 0 Å². The van der Waals surface area contributed by atoms with Crippen molar-refractivity contribution in [1.82, 2.24) is 0 Å². The Hall–Kier alpha value is -0.395. The van der Waals surface area contributed by atoms with Gasteiger partial charge < -0.3 is 0 Å². The van der Waals surface area contributed by atoms with E-state index >= 15 is 0 Å². The first-order valence-corrected chi connectivity index (χ1v) is 5.54. The zero-order chi connectivity index (χ0) is 10.9. The molecule has 1 saturated carbocycles. The normalized spacial score (nSPS) is 33.2. The second-order valence-corrected chi connectivity index (χ2v) is 5.06. The first-order chi connectivity index (χ1) is 6.40. The molecule has 0 N–H and O–H groups in total. The minimum atomic E-state index is 0.133. The number of hydrogen-bond acceptors (Lipinski definition) is 1. The summed E-state index contributed by atoms with van der Waals surface area (Å²) in [6.07, 6.45) is 2.87. The predicted molar refractivity (Wildman–Crippen MR) is 61.7 cm³/mol. The summed E-state index contributed by atoms with van der Waals surface area (Å²) in [5.41, 5.74) is 1.11. The van der Waals surface area contributed by atoms with Crippen molar-refractivity contribution in [1.29, 1.82) is 0 Å². The molecule has 1 atom stereocenters. The van der Waals surface area contributed by atoms with Gasteiger partial charge in [-0.15, -0.1) is 0 Å². The van der Waals surface area contributed by atoms with Crippen molar-refractivity contribution in [3.63, 3.8) is 0 Å². The second kappa shape index (κ2) is 4.00. The van der Waals surface area contributed by atoms with Gasteiger partial charge in [0.2, 0.25) is 0 Å². The average Bonchev–Trinajstić information content (AvgIpc) is 2.10. The van der Waals surface area contributed by atoms with E-state index < -0.39 is 0 Å². The summed E-state index contributed by atoms with van der Waals surface area (Å²) in [4.78, 5) is 11.8. The molecule has 1 fully saturated rings. The number of hydrogen-bond donors (Lipinski definition) is 0. The number of ketones is 1. The summed E-state index contributed by atoms with van der Waals surface area (Å²) in [6, 6.07) is 0. The van der Waals surface area contributed by atoms with Crippen LogP contribution in [-0.4, -0.2) is 18.7 Å². The Morgan fingerprint density at radius 2 is 2.07 bits per heavy atom. The molecule has 1 aliphatic carbocycles. The molecule has 1 nitrogen and oxygen atoms in total. The molecule has 77 valence electrons. The van der Waals surface area contributed by atoms with E-state index in [2.05, 4.69) is 13.8 Å². The molecule has 0 aromatic heterocycles. The number of Topliss-reactive ketones (excluding diaryl/α,β-unsaturated/α-hetero) is 1. The van der Waals surface area contributed by atoms with Crippen LogP contribution >= 0.6 is 0 Å². The Morgan fingerprint density at radius 1 is 1.57 bits per heavy atom. The molecule has 0 spiro atoms. The van der Waals surface area contributed by atoms with Crippen LogP contribution in [0.25, 0.3) is 0 Å². The third-order valence-corrected chi connectivity index (χ3v) is 3.85. The van der Waals surface area contributed by atoms with Crippen LogP contribution in [-0.2, 0) is 4.79 Å². The third kappa shape index (κ3) is 1.99. The number of rotatable bonds is 4. The molecule has 0 aromatic carbocycles. The Labute approximate surface area is 88.3 Å². The van der Waals surface area contributed by atoms with Crippen LogP contribution in [0.5, 0.6) is 0 Å². The van der Waals surface area contributed by atoms with Gasteiger partial charge in [-0.3, -0.25) is 0 Å². The molecule has 2 heteroatoms. The van der Waals surface area contributed by atoms with Crippen molar-refractivity contribution >= 4 is 18.7 Å². The summed E-state index contributed by atoms with van der Waals surface area (Å²) in [6.45, 7) is 8.21. The molecular formula is C12H20BO. The summed E-state index contributed by atoms with van der Waals surface area (Å²) < 4.78 is 0. The number of carbonyl (C=O) groups excluding carboxylic acids is 1. The third-order valence-electron chi connectivity index (χ3n) is 3.85. The van der Waals surface area contributed by atoms with Gasteiger partial charge in [0.1, 0.15) is 0 Å². The van der Waals surface area contributed by atoms with Gasteiger partial charge >= 0.3 is 87.7 Å². The van der Waals surface area contributed by atoms with Crippen molar-refractivity contribution < 1.29 is 4.79 Å². The first kappa shape index (κ1) is 11.7. The quantitative estimate of drug-likeness (QED) is 0.623. The van der Waals surface area contributed by atoms with E-state index in [4.69, 9.17) is 7.49 Å². The van der Waals surface area contributed by atoms with Gasteiger partial charge in [0, 0.05) is 0 Å². The number of carbonyl (C=O) groups is 1. The zero-order valence-electron chi connectivity index (χ0n) is 9.76. The molecule has 0 heterocycles. The molecule has 1 unspecified atom stereocenters. The molecule has 0 aromatic rings. The molecular weight excluding hydrogens is 171 g/mol. The Morgan fingerprint density at radius 3 is 2.43 bits per heavy atom. The van der Waals surface area contributed by atoms with Crippen LogP contribution in [0.3, 0.4) is 0 Å². The average molecular weight is 191 g/mol. The van der Waals surface area contributed by atoms with E-state index in [1.807, 2.05) is 13.8 Å². The summed E-state index contributed by atoms with van der Waals surface area (Å²) >= 11 is 0. The first-order valence-electron chi connectivity index (χ1n) is 5.54. The SMILES string of the molecule is [B]=C(C)C1(C)CC(C(=O)C(C)CC)C1. The summed E-state index contributed by atoms with van der Waals surface area (Å²) in [7, 11) is 5.81. The van der Waals surface area contributed by atoms with E-state index in [0.29, 0.717) is 5.78 Å². The van der Waals surface area contributed by atoms with E-state index in [1.165, 1.54) is 0 Å². The zero-order valence-corrected chi connectivity index (χ0v) is 9.76. The molecule has 1 aliphatic rings. The standard InChI is InChI=1S/C12H20BO/c1-5-8(2)11(14)10-6-12(4,7-10)9(3)13/h8,10H,5-7H2,1-4H3. The van der Waals surface area contributed by atoms with Gasteiger partial charge in [-0.05, 0) is 0 Å². The van der Waals surface area contributed by atoms with Gasteiger partial charge in [0.25, 0.3) is 0 Å². The fourth-order valence-corrected chi connectivity index (χ4v) is 2.15. The van der Waals surface area contributed by atoms with Gasteiger partial charge in [-0.25, -0.2) is 0 Å². The monoisotopic (exact) mass is 191 g/mol. The van der Waals surface area contributed by atoms with Crippen molar-refractivity contribution in [2.75, 3.05) is 0 Å². The van der Waals surface area contributed by atoms with Gasteiger partial charge in [0.15, 0.2) is 0 Å². The molecule has 1 radical (unpaired) electrons. The van der Waals surface area contributed by atoms with E-state index in [9.17, 15) is 4.79 Å². The topological polar surface area (TPSA) is 17.1 Å². The fourth-order valence-electron chi connectivity index (χ4n) is 2.15. The van der Waals surface area contributed by atoms with Crippen LogP contribution < -0.4 is 0 Å². The van der Waals surface area contributed by atoms with Crippen molar-refractivity contribution in [3.05, 3.63) is 0 Å². The molecule has 0 saturated heterocycles. The Balaban J connectivity index is 2.49. The summed E-state index contributed by atoms with van der Waals surface area (Å²) in [5, 5.41) is 0. The van der Waals surface area contributed by atoms with Crippen molar-refractivity contribution in [2.45, 2.75) is 47.0 Å². The van der Waals surface area contributed by atoms with Crippen LogP contribution in [0.1, 0.15) is 47.0 Å². The van der Waals surface area contributed by atoms with Crippen LogP contribution in [0.2, 0.25) is 0 Å². The maximum absolute atomic E-state index is 11.8.